The lowest BCUT2D eigenvalue weighted by Crippen LogP contribution is -2.29. The van der Waals surface area contributed by atoms with Gasteiger partial charge >= 0.3 is 89.5 Å². The Hall–Kier alpha value is -8.77. The van der Waals surface area contributed by atoms with Crippen LogP contribution in [-0.4, -0.2) is 190 Å². The maximum atomic E-state index is 12.0. The number of rotatable bonds is 86. The molecule has 1 aromatic carbocycles. The molecule has 5 unspecified atom stereocenters. The number of aliphatic hydroxyl groups is 1. The third-order valence-electron chi connectivity index (χ3n) is 23.0. The number of hydrogen-bond acceptors (Lipinski definition) is 31. The van der Waals surface area contributed by atoms with E-state index in [4.69, 9.17) is 57.2 Å². The molecule has 148 heavy (non-hydrogen) atoms. The summed E-state index contributed by atoms with van der Waals surface area (Å²) >= 11 is 0. The lowest BCUT2D eigenvalue weighted by Gasteiger charge is -2.16. The standard InChI is InChI=1S/C26H50O4.C22H42O4.C21H32O4.C18H34O4.C14H26O4.C9H14O6.C7H12O5/c1-5-9-15-19-23(7-3)29-25(27)21-17-13-11-12-14-18-22-26(28)30-24(8-4)20-16-10-6-2;1-5-9-11-15-19(7-3)25-21(23)17-13-14-18-22(24)26-20(8-4)16-12-10-6-2;1-3-5-7-14-19(4-2)25-21(23)16-11-10-15-20(22)24-17-18-12-8-6-9-13-18;1-3-5-15-21-17(19)13-11-9-7-8-10-12-14-18(20)22-16-6-4-2;1-3-5-11-17-13(15)9-7-8-10-14(16)18-12-6-4-2;1-6(10)13-4-9(15-8(3)12)5-14-7(2)11;1-5(8)11-3-7(10)4-12-6(2)9/h23-24H,5-22H2,1-4H3;19-20H,5-18H2,1-4H3;6,8-9,12-13,19H,3-5,7,10-11,14-17H2,1-2H3;3-16H2,1-2H3;3-12H2,1-2H3;9H,4-5H2,1-3H3;7,10H,3-4H2,1-2H3. The summed E-state index contributed by atoms with van der Waals surface area (Å²) in [6.07, 6.45) is 54.2. The topological polar surface area (TPSA) is 415 Å². The first kappa shape index (κ1) is 150. The molecular formula is C117H210O31. The number of benzene rings is 1. The molecule has 0 bridgehead atoms. The highest BCUT2D eigenvalue weighted by Crippen LogP contribution is 2.21. The fourth-order valence-corrected chi connectivity index (χ4v) is 13.8. The molecule has 864 valence electrons. The van der Waals surface area contributed by atoms with E-state index in [1.165, 1.54) is 98.8 Å². The minimum absolute atomic E-state index is 0.0366. The van der Waals surface area contributed by atoms with Crippen molar-refractivity contribution >= 4 is 89.5 Å². The highest BCUT2D eigenvalue weighted by atomic mass is 16.6. The van der Waals surface area contributed by atoms with E-state index in [1.807, 2.05) is 37.3 Å². The summed E-state index contributed by atoms with van der Waals surface area (Å²) in [5.74, 6) is -3.63. The molecule has 0 aliphatic heterocycles. The molecule has 0 fully saturated rings. The van der Waals surface area contributed by atoms with E-state index < -0.39 is 42.1 Å². The molecule has 0 saturated carbocycles. The van der Waals surface area contributed by atoms with Crippen LogP contribution in [0.5, 0.6) is 0 Å². The Bertz CT molecular complexity index is 3190. The molecule has 0 amide bonds. The van der Waals surface area contributed by atoms with Crippen molar-refractivity contribution < 1.29 is 148 Å². The molecule has 0 aromatic heterocycles. The fourth-order valence-electron chi connectivity index (χ4n) is 13.8. The lowest BCUT2D eigenvalue weighted by molar-refractivity contribution is -0.163. The van der Waals surface area contributed by atoms with E-state index in [2.05, 4.69) is 109 Å². The minimum atomic E-state index is -0.946. The Kier molecular flexibility index (Phi) is 117. The van der Waals surface area contributed by atoms with Crippen LogP contribution in [-0.2, 0) is 150 Å². The van der Waals surface area contributed by atoms with Crippen molar-refractivity contribution in [3.8, 4) is 0 Å². The van der Waals surface area contributed by atoms with E-state index in [1.54, 1.807) is 0 Å². The van der Waals surface area contributed by atoms with Gasteiger partial charge in [0.15, 0.2) is 6.10 Å². The average Bonchev–Trinajstić information content (AvgIpc) is 0.953. The SMILES string of the molecule is CC(=O)OCC(COC(C)=O)OC(C)=O.CC(=O)OCC(O)COC(C)=O.CCCCCC(CC)OC(=O)CCCCC(=O)OC(CC)CCCCC.CCCCCC(CC)OC(=O)CCCCC(=O)OCc1ccccc1.CCCCCC(CC)OC(=O)CCCCCCCCC(=O)OC(CC)CCCCC.CCCCOC(=O)CCCCC(=O)OCCCC.CCCCOC(=O)CCCCCCCCC(=O)OCCCC. The van der Waals surface area contributed by atoms with Crippen LogP contribution in [0.3, 0.4) is 0 Å². The van der Waals surface area contributed by atoms with Gasteiger partial charge in [-0.3, -0.25) is 71.9 Å². The van der Waals surface area contributed by atoms with Crippen LogP contribution in [0.25, 0.3) is 0 Å². The average molecular weight is 2110 g/mol. The first-order valence-electron chi connectivity index (χ1n) is 57.3. The zero-order chi connectivity index (χ0) is 112. The van der Waals surface area contributed by atoms with Crippen LogP contribution in [0.2, 0.25) is 0 Å². The van der Waals surface area contributed by atoms with Crippen LogP contribution in [0.1, 0.15) is 529 Å². The van der Waals surface area contributed by atoms with Crippen molar-refractivity contribution in [2.45, 2.75) is 573 Å². The van der Waals surface area contributed by atoms with Crippen LogP contribution in [0.4, 0.5) is 0 Å². The second-order valence-electron chi connectivity index (χ2n) is 37.5. The summed E-state index contributed by atoms with van der Waals surface area (Å²) in [4.78, 5) is 169. The number of esters is 15. The van der Waals surface area contributed by atoms with Gasteiger partial charge in [-0.2, -0.15) is 0 Å². The van der Waals surface area contributed by atoms with E-state index in [9.17, 15) is 71.9 Å². The van der Waals surface area contributed by atoms with Crippen molar-refractivity contribution in [3.05, 3.63) is 35.9 Å². The predicted octanol–water partition coefficient (Wildman–Crippen LogP) is 27.0. The Morgan fingerprint density at radius 3 is 0.601 bits per heavy atom. The number of carbonyl (C=O) groups excluding carboxylic acids is 15. The van der Waals surface area contributed by atoms with Crippen molar-refractivity contribution in [3.63, 3.8) is 0 Å². The third-order valence-corrected chi connectivity index (χ3v) is 23.0. The number of hydrogen-bond donors (Lipinski definition) is 1. The molecule has 0 saturated heterocycles. The fraction of sp³-hybridized carbons (Fsp3) is 0.821. The first-order chi connectivity index (χ1) is 71.1. The molecule has 0 radical (unpaired) electrons. The Morgan fingerprint density at radius 1 is 0.203 bits per heavy atom. The largest absolute Gasteiger partial charge is 0.466 e. The highest BCUT2D eigenvalue weighted by Gasteiger charge is 2.21. The van der Waals surface area contributed by atoms with Crippen LogP contribution in [0, 0.1) is 0 Å². The van der Waals surface area contributed by atoms with Crippen LogP contribution >= 0.6 is 0 Å². The smallest absolute Gasteiger partial charge is 0.306 e. The van der Waals surface area contributed by atoms with Crippen molar-refractivity contribution in [2.75, 3.05) is 52.9 Å². The van der Waals surface area contributed by atoms with Gasteiger partial charge in [0.25, 0.3) is 0 Å². The summed E-state index contributed by atoms with van der Waals surface area (Å²) in [6, 6.07) is 9.61. The van der Waals surface area contributed by atoms with Gasteiger partial charge in [0, 0.05) is 98.8 Å². The number of aliphatic hydroxyl groups excluding tert-OH is 1. The molecule has 0 spiro atoms. The zero-order valence-electron chi connectivity index (χ0n) is 96.1. The Labute approximate surface area is 894 Å². The normalized spacial score (nSPS) is 11.5. The predicted molar refractivity (Wildman–Crippen MR) is 579 cm³/mol. The summed E-state index contributed by atoms with van der Waals surface area (Å²) in [6.45, 7) is 37.6. The number of carbonyl (C=O) groups is 15. The monoisotopic (exact) mass is 2110 g/mol. The van der Waals surface area contributed by atoms with Gasteiger partial charge in [-0.15, -0.1) is 0 Å². The van der Waals surface area contributed by atoms with Crippen molar-refractivity contribution in [1.82, 2.24) is 0 Å². The molecule has 0 aliphatic carbocycles. The molecule has 1 rings (SSSR count). The van der Waals surface area contributed by atoms with E-state index in [0.717, 1.165) is 230 Å². The molecule has 1 N–H and O–H groups in total. The van der Waals surface area contributed by atoms with Crippen molar-refractivity contribution in [1.29, 1.82) is 0 Å². The van der Waals surface area contributed by atoms with Gasteiger partial charge < -0.3 is 76.2 Å². The summed E-state index contributed by atoms with van der Waals surface area (Å²) in [5, 5.41) is 8.99. The Balaban J connectivity index is -0.000000404. The molecule has 0 heterocycles. The molecule has 31 heteroatoms. The van der Waals surface area contributed by atoms with Gasteiger partial charge in [0.1, 0.15) is 69.7 Å². The molecule has 0 aliphatic rings. The van der Waals surface area contributed by atoms with E-state index >= 15 is 0 Å². The van der Waals surface area contributed by atoms with Crippen molar-refractivity contribution in [2.24, 2.45) is 0 Å². The summed E-state index contributed by atoms with van der Waals surface area (Å²) in [5.41, 5.74) is 0.980. The zero-order valence-corrected chi connectivity index (χ0v) is 96.1. The summed E-state index contributed by atoms with van der Waals surface area (Å²) < 4.78 is 76.2. The second-order valence-corrected chi connectivity index (χ2v) is 37.5. The van der Waals surface area contributed by atoms with Gasteiger partial charge in [-0.1, -0.05) is 269 Å². The Morgan fingerprint density at radius 2 is 0.399 bits per heavy atom. The minimum Gasteiger partial charge on any atom is -0.466 e. The first-order valence-corrected chi connectivity index (χ1v) is 57.3. The lowest BCUT2D eigenvalue weighted by atomic mass is 10.1. The molecule has 31 nitrogen and oxygen atoms in total. The maximum absolute atomic E-state index is 12.0. The summed E-state index contributed by atoms with van der Waals surface area (Å²) in [7, 11) is 0. The maximum Gasteiger partial charge on any atom is 0.306 e. The van der Waals surface area contributed by atoms with E-state index in [-0.39, 0.29) is 117 Å². The van der Waals surface area contributed by atoms with Gasteiger partial charge in [-0.05, 0) is 192 Å². The van der Waals surface area contributed by atoms with Crippen LogP contribution in [0.15, 0.2) is 30.3 Å². The van der Waals surface area contributed by atoms with E-state index in [0.29, 0.717) is 136 Å². The third kappa shape index (κ3) is 119. The van der Waals surface area contributed by atoms with Gasteiger partial charge in [0.2, 0.25) is 0 Å². The number of ether oxygens (including phenoxy) is 15. The highest BCUT2D eigenvalue weighted by molar-refractivity contribution is 5.74. The van der Waals surface area contributed by atoms with Gasteiger partial charge in [-0.25, -0.2) is 0 Å². The van der Waals surface area contributed by atoms with Crippen LogP contribution < -0.4 is 0 Å². The number of unbranched alkanes of at least 4 members (excludes halogenated alkanes) is 27. The van der Waals surface area contributed by atoms with Gasteiger partial charge in [0.05, 0.1) is 26.4 Å². The molecular weight excluding hydrogens is 1900 g/mol. The molecule has 5 atom stereocenters. The second kappa shape index (κ2) is 115. The quantitative estimate of drug-likeness (QED) is 0.0359. The molecule has 1 aromatic rings.